The van der Waals surface area contributed by atoms with Crippen molar-refractivity contribution in [3.63, 3.8) is 0 Å². The summed E-state index contributed by atoms with van der Waals surface area (Å²) in [5, 5.41) is 0. The summed E-state index contributed by atoms with van der Waals surface area (Å²) in [5.41, 5.74) is -5.55. The first-order valence-corrected chi connectivity index (χ1v) is 19.0. The molecule has 0 radical (unpaired) electrons. The first kappa shape index (κ1) is 45.9. The molecule has 0 heterocycles. The molecule has 0 saturated carbocycles. The van der Waals surface area contributed by atoms with Gasteiger partial charge in [0.05, 0.1) is 35.2 Å². The molecule has 0 saturated heterocycles. The predicted octanol–water partition coefficient (Wildman–Crippen LogP) is 6.96. The van der Waals surface area contributed by atoms with Crippen LogP contribution in [0.4, 0.5) is 9.59 Å². The number of Topliss-reactive ketones (excluding diaryl/α,β-unsaturated/α-hetero) is 2. The number of carbonyl (C=O) groups excluding carboxylic acids is 8. The average molecular weight is 831 g/mol. The molecule has 16 nitrogen and oxygen atoms in total. The smallest absolute Gasteiger partial charge is 0.445 e. The van der Waals surface area contributed by atoms with Crippen LogP contribution >= 0.6 is 0 Å². The van der Waals surface area contributed by atoms with Crippen molar-refractivity contribution in [1.29, 1.82) is 0 Å². The maximum absolute atomic E-state index is 14.6. The van der Waals surface area contributed by atoms with Crippen LogP contribution in [-0.4, -0.2) is 71.2 Å². The molecule has 0 aliphatic heterocycles. The maximum Gasteiger partial charge on any atom is 0.514 e. The molecule has 2 aromatic carbocycles. The third-order valence-electron chi connectivity index (χ3n) is 8.66. The number of ether oxygens (including phenoxy) is 6. The molecule has 4 atom stereocenters. The highest BCUT2D eigenvalue weighted by Gasteiger charge is 2.55. The highest BCUT2D eigenvalue weighted by molar-refractivity contribution is 6.11. The number of hydrogen-bond donors (Lipinski definition) is 0. The highest BCUT2D eigenvalue weighted by Crippen LogP contribution is 2.39. The van der Waals surface area contributed by atoms with Crippen molar-refractivity contribution in [3.8, 4) is 11.5 Å². The fourth-order valence-electron chi connectivity index (χ4n) is 5.74. The van der Waals surface area contributed by atoms with Gasteiger partial charge < -0.3 is 28.4 Å². The van der Waals surface area contributed by atoms with E-state index in [-0.39, 0.29) is 22.6 Å². The average Bonchev–Trinajstić information content (AvgIpc) is 3.19. The summed E-state index contributed by atoms with van der Waals surface area (Å²) < 4.78 is 32.3. The normalized spacial score (nSPS) is 20.3. The van der Waals surface area contributed by atoms with Gasteiger partial charge in [0.25, 0.3) is 0 Å². The second-order valence-electron chi connectivity index (χ2n) is 14.7. The zero-order valence-electron chi connectivity index (χ0n) is 34.2. The number of benzene rings is 2. The fourth-order valence-corrected chi connectivity index (χ4v) is 5.74. The largest absolute Gasteiger partial charge is 0.514 e. The van der Waals surface area contributed by atoms with Crippen LogP contribution < -0.4 is 9.47 Å². The van der Waals surface area contributed by atoms with Crippen LogP contribution in [0.5, 0.6) is 11.5 Å². The van der Waals surface area contributed by atoms with E-state index >= 15 is 0 Å². The van der Waals surface area contributed by atoms with Crippen LogP contribution in [0, 0.1) is 23.7 Å². The molecule has 2 aromatic rings. The molecule has 4 rings (SSSR count). The summed E-state index contributed by atoms with van der Waals surface area (Å²) in [7, 11) is 0. The quantitative estimate of drug-likeness (QED) is 0.0470. The molecule has 0 amide bonds. The first-order valence-electron chi connectivity index (χ1n) is 19.0. The molecule has 4 unspecified atom stereocenters. The van der Waals surface area contributed by atoms with Crippen LogP contribution in [0.3, 0.4) is 0 Å². The van der Waals surface area contributed by atoms with E-state index < -0.39 is 94.8 Å². The van der Waals surface area contributed by atoms with Crippen LogP contribution in [0.2, 0.25) is 0 Å². The van der Waals surface area contributed by atoms with Gasteiger partial charge in [0.2, 0.25) is 22.8 Å². The van der Waals surface area contributed by atoms with Gasteiger partial charge in [0.1, 0.15) is 23.3 Å². The minimum Gasteiger partial charge on any atom is -0.445 e. The number of carbonyl (C=O) groups is 8. The summed E-state index contributed by atoms with van der Waals surface area (Å²) in [5.74, 6) is -12.5. The Bertz CT molecular complexity index is 1970. The van der Waals surface area contributed by atoms with Crippen LogP contribution in [-0.2, 0) is 47.9 Å². The van der Waals surface area contributed by atoms with Crippen molar-refractivity contribution >= 4 is 47.8 Å². The summed E-state index contributed by atoms with van der Waals surface area (Å²) in [6, 6.07) is 10.9. The molecule has 0 N–H and O–H groups in total. The van der Waals surface area contributed by atoms with Crippen molar-refractivity contribution in [2.75, 3.05) is 0 Å². The van der Waals surface area contributed by atoms with Gasteiger partial charge in [-0.15, -0.1) is 0 Å². The van der Waals surface area contributed by atoms with E-state index in [1.807, 2.05) is 0 Å². The molecule has 0 spiro atoms. The molecule has 0 aromatic heterocycles. The topological polar surface area (TPSA) is 210 Å². The SMILES string of the molecule is CC(C)OC(=O)Oc1ccccc1C(=O)C1(OC(=O)C(C)C)C=CC=CC1C(=O)OOC(=O)C1C=CC=CC1(OC(=O)C(C)C)C(=O)c1ccccc1OC(=O)OC(C)C. The van der Waals surface area contributed by atoms with Crippen molar-refractivity contribution in [3.05, 3.63) is 108 Å². The van der Waals surface area contributed by atoms with Gasteiger partial charge in [-0.25, -0.2) is 29.0 Å². The first-order chi connectivity index (χ1) is 28.3. The highest BCUT2D eigenvalue weighted by atomic mass is 17.2. The van der Waals surface area contributed by atoms with E-state index in [9.17, 15) is 38.4 Å². The minimum atomic E-state index is -2.48. The number of esters is 2. The van der Waals surface area contributed by atoms with Gasteiger partial charge in [0.15, 0.2) is 0 Å². The maximum atomic E-state index is 14.6. The van der Waals surface area contributed by atoms with Crippen LogP contribution in [0.15, 0.2) is 97.1 Å². The summed E-state index contributed by atoms with van der Waals surface area (Å²) in [6.07, 6.45) is 6.58. The third kappa shape index (κ3) is 10.6. The van der Waals surface area contributed by atoms with Crippen molar-refractivity contribution in [2.45, 2.75) is 78.8 Å². The molecule has 2 aliphatic carbocycles. The molecule has 318 valence electrons. The van der Waals surface area contributed by atoms with Gasteiger partial charge in [-0.05, 0) is 64.1 Å². The second-order valence-corrected chi connectivity index (χ2v) is 14.7. The Morgan fingerprint density at radius 1 is 0.500 bits per heavy atom. The molecule has 0 bridgehead atoms. The number of hydrogen-bond acceptors (Lipinski definition) is 16. The van der Waals surface area contributed by atoms with Crippen molar-refractivity contribution in [2.24, 2.45) is 23.7 Å². The van der Waals surface area contributed by atoms with E-state index in [0.29, 0.717) is 0 Å². The van der Waals surface area contributed by atoms with E-state index in [4.69, 9.17) is 38.2 Å². The summed E-state index contributed by atoms with van der Waals surface area (Å²) in [6.45, 7) is 12.3. The Kier molecular flexibility index (Phi) is 15.1. The van der Waals surface area contributed by atoms with Gasteiger partial charge >= 0.3 is 36.2 Å². The number of rotatable bonds is 14. The standard InChI is InChI=1S/C44H46O16/c1-25(2)37(47)57-43(35(45)29-17-9-11-21-33(29)55-41(51)53-27(5)6)23-15-13-19-31(43)39(49)59-60-40(50)32-20-14-16-24-44(32,58-38(48)26(3)4)36(46)30-18-10-12-22-34(30)56-42(52)54-28(7)8/h9-28,31-32H,1-8H3. The molecule has 2 aliphatic rings. The van der Waals surface area contributed by atoms with E-state index in [1.165, 1.54) is 113 Å². The monoisotopic (exact) mass is 830 g/mol. The van der Waals surface area contributed by atoms with Crippen LogP contribution in [0.25, 0.3) is 0 Å². The lowest BCUT2D eigenvalue weighted by Gasteiger charge is -2.36. The van der Waals surface area contributed by atoms with E-state index in [0.717, 1.165) is 12.2 Å². The minimum absolute atomic E-state index is 0.285. The summed E-state index contributed by atoms with van der Waals surface area (Å²) in [4.78, 5) is 119. The van der Waals surface area contributed by atoms with Gasteiger partial charge in [-0.1, -0.05) is 88.4 Å². The lowest BCUT2D eigenvalue weighted by atomic mass is 9.77. The Labute approximate surface area is 346 Å². The Morgan fingerprint density at radius 2 is 0.850 bits per heavy atom. The van der Waals surface area contributed by atoms with Gasteiger partial charge in [-0.3, -0.25) is 19.2 Å². The molecular formula is C44H46O16. The zero-order chi connectivity index (χ0) is 44.4. The number of allylic oxidation sites excluding steroid dienone is 4. The number of ketones is 2. The van der Waals surface area contributed by atoms with Crippen molar-refractivity contribution < 1.29 is 76.6 Å². The molecule has 0 fully saturated rings. The van der Waals surface area contributed by atoms with E-state index in [1.54, 1.807) is 27.7 Å². The zero-order valence-corrected chi connectivity index (χ0v) is 34.2. The lowest BCUT2D eigenvalue weighted by Crippen LogP contribution is -2.53. The Balaban J connectivity index is 1.71. The van der Waals surface area contributed by atoms with Crippen molar-refractivity contribution in [1.82, 2.24) is 0 Å². The Morgan fingerprint density at radius 3 is 1.18 bits per heavy atom. The lowest BCUT2D eigenvalue weighted by molar-refractivity contribution is -0.267. The second kappa shape index (κ2) is 19.7. The fraction of sp³-hybridized carbons (Fsp3) is 0.364. The summed E-state index contributed by atoms with van der Waals surface area (Å²) >= 11 is 0. The third-order valence-corrected chi connectivity index (χ3v) is 8.66. The Hall–Kier alpha value is -6.84. The predicted molar refractivity (Wildman–Crippen MR) is 209 cm³/mol. The van der Waals surface area contributed by atoms with Gasteiger partial charge in [0, 0.05) is 0 Å². The van der Waals surface area contributed by atoms with Crippen LogP contribution in [0.1, 0.15) is 76.1 Å². The number of para-hydroxylation sites is 2. The molecule has 16 heteroatoms. The molecular weight excluding hydrogens is 784 g/mol. The molecule has 60 heavy (non-hydrogen) atoms. The van der Waals surface area contributed by atoms with E-state index in [2.05, 4.69) is 0 Å². The van der Waals surface area contributed by atoms with Gasteiger partial charge in [-0.2, -0.15) is 0 Å².